The van der Waals surface area contributed by atoms with E-state index in [1.165, 1.54) is 23.8 Å². The molecule has 3 aromatic rings. The monoisotopic (exact) mass is 710 g/mol. The number of carbonyl (C=O) groups is 3. The van der Waals surface area contributed by atoms with Crippen molar-refractivity contribution in [2.75, 3.05) is 30.0 Å². The molecule has 7 rings (SSSR count). The second-order valence-corrected chi connectivity index (χ2v) is 14.7. The van der Waals surface area contributed by atoms with E-state index in [1.807, 2.05) is 29.1 Å². The average molecular weight is 711 g/mol. The highest BCUT2D eigenvalue weighted by atomic mass is 35.5. The van der Waals surface area contributed by atoms with Gasteiger partial charge in [-0.15, -0.1) is 21.1 Å². The van der Waals surface area contributed by atoms with Crippen molar-refractivity contribution in [1.82, 2.24) is 14.6 Å². The fourth-order valence-electron chi connectivity index (χ4n) is 6.28. The molecular weight excluding hydrogens is 678 g/mol. The van der Waals surface area contributed by atoms with Crippen LogP contribution in [0.3, 0.4) is 0 Å². The van der Waals surface area contributed by atoms with Crippen LogP contribution in [0.2, 0.25) is 4.34 Å². The summed E-state index contributed by atoms with van der Waals surface area (Å²) in [6.07, 6.45) is 3.95. The van der Waals surface area contributed by atoms with Crippen LogP contribution in [0.1, 0.15) is 36.1 Å². The summed E-state index contributed by atoms with van der Waals surface area (Å²) in [6.45, 7) is 2.56. The number of Topliss-reactive ketones (excluding diaryl/α,β-unsaturated/α-hetero) is 1. The van der Waals surface area contributed by atoms with Crippen LogP contribution in [0.25, 0.3) is 0 Å². The number of nitrogens with zero attached hydrogens (tertiary/aromatic N) is 7. The van der Waals surface area contributed by atoms with Gasteiger partial charge in [0.15, 0.2) is 35.2 Å². The highest BCUT2D eigenvalue weighted by Gasteiger charge is 2.54. The SMILES string of the molecule is CO/N=C(\C(=O)C[C@@H]1C(=O)N2C(C(=O)O)=C(C[n+]3ccc4n3CCN4Cc3ccc(C(N)=NC4CC4)cc3)CS[C@H]12)c1nc(N)sc1Cl. The molecule has 0 spiro atoms. The molecule has 1 saturated heterocycles. The van der Waals surface area contributed by atoms with Gasteiger partial charge in [-0.1, -0.05) is 52.4 Å². The van der Waals surface area contributed by atoms with Crippen LogP contribution < -0.4 is 21.0 Å². The van der Waals surface area contributed by atoms with Crippen molar-refractivity contribution in [3.8, 4) is 0 Å². The predicted octanol–water partition coefficient (Wildman–Crippen LogP) is 2.24. The van der Waals surface area contributed by atoms with E-state index in [-0.39, 0.29) is 33.0 Å². The van der Waals surface area contributed by atoms with Crippen molar-refractivity contribution in [2.45, 2.75) is 50.3 Å². The third kappa shape index (κ3) is 6.03. The van der Waals surface area contributed by atoms with Gasteiger partial charge >= 0.3 is 5.97 Å². The van der Waals surface area contributed by atoms with Gasteiger partial charge in [0.2, 0.25) is 5.91 Å². The Hall–Kier alpha value is -4.41. The van der Waals surface area contributed by atoms with Crippen LogP contribution in [-0.4, -0.2) is 79.7 Å². The highest BCUT2D eigenvalue weighted by molar-refractivity contribution is 8.00. The van der Waals surface area contributed by atoms with E-state index >= 15 is 0 Å². The molecule has 1 aliphatic carbocycles. The molecule has 1 saturated carbocycles. The summed E-state index contributed by atoms with van der Waals surface area (Å²) in [5, 5.41) is 13.7. The van der Waals surface area contributed by atoms with Crippen molar-refractivity contribution < 1.29 is 29.0 Å². The number of hydrogen-bond donors (Lipinski definition) is 3. The second kappa shape index (κ2) is 12.9. The van der Waals surface area contributed by atoms with E-state index in [9.17, 15) is 19.5 Å². The van der Waals surface area contributed by atoms with E-state index in [2.05, 4.69) is 36.8 Å². The largest absolute Gasteiger partial charge is 0.477 e. The van der Waals surface area contributed by atoms with Gasteiger partial charge < -0.3 is 26.3 Å². The maximum atomic E-state index is 13.4. The van der Waals surface area contributed by atoms with Gasteiger partial charge in [0.1, 0.15) is 28.7 Å². The van der Waals surface area contributed by atoms with Crippen LogP contribution >= 0.6 is 34.7 Å². The number of benzene rings is 1. The maximum Gasteiger partial charge on any atom is 0.352 e. The number of amidine groups is 1. The number of carboxylic acid groups (broad SMARTS) is 1. The number of nitrogen functional groups attached to an aromatic ring is 1. The Bertz CT molecular complexity index is 1900. The number of β-lactam (4-membered cyclic amide) rings is 1. The molecule has 0 unspecified atom stereocenters. The zero-order chi connectivity index (χ0) is 33.7. The number of aliphatic carboxylic acids is 1. The van der Waals surface area contributed by atoms with Crippen molar-refractivity contribution in [2.24, 2.45) is 21.8 Å². The third-order valence-electron chi connectivity index (χ3n) is 8.76. The van der Waals surface area contributed by atoms with Gasteiger partial charge in [0.25, 0.3) is 0 Å². The minimum atomic E-state index is -1.18. The van der Waals surface area contributed by atoms with Crippen molar-refractivity contribution in [3.63, 3.8) is 0 Å². The number of hydrogen-bond acceptors (Lipinski definition) is 11. The summed E-state index contributed by atoms with van der Waals surface area (Å²) >= 11 is 8.64. The van der Waals surface area contributed by atoms with Gasteiger partial charge in [0.05, 0.1) is 29.9 Å². The lowest BCUT2D eigenvalue weighted by molar-refractivity contribution is -0.766. The van der Waals surface area contributed by atoms with E-state index in [4.69, 9.17) is 27.9 Å². The van der Waals surface area contributed by atoms with Crippen molar-refractivity contribution in [3.05, 3.63) is 69.0 Å². The number of thioether (sulfide) groups is 1. The Balaban J connectivity index is 1.03. The number of fused-ring (bicyclic) bond motifs is 2. The minimum absolute atomic E-state index is 0.0314. The summed E-state index contributed by atoms with van der Waals surface area (Å²) in [6, 6.07) is 10.6. The second-order valence-electron chi connectivity index (χ2n) is 12.0. The number of thiazole rings is 1. The molecule has 2 atom stereocenters. The number of anilines is 2. The molecule has 48 heavy (non-hydrogen) atoms. The Labute approximate surface area is 288 Å². The number of aliphatic imine (C=N–C) groups is 1. The highest BCUT2D eigenvalue weighted by Crippen LogP contribution is 2.45. The maximum absolute atomic E-state index is 13.4. The first-order valence-electron chi connectivity index (χ1n) is 15.4. The van der Waals surface area contributed by atoms with Crippen molar-refractivity contribution in [1.29, 1.82) is 0 Å². The fourth-order valence-corrected chi connectivity index (χ4v) is 8.61. The van der Waals surface area contributed by atoms with Gasteiger partial charge in [-0.2, -0.15) is 0 Å². The van der Waals surface area contributed by atoms with Crippen LogP contribution in [0, 0.1) is 5.92 Å². The third-order valence-corrected chi connectivity index (χ3v) is 11.2. The lowest BCUT2D eigenvalue weighted by atomic mass is 9.89. The fraction of sp³-hybridized carbons (Fsp3) is 0.387. The van der Waals surface area contributed by atoms with Crippen LogP contribution in [-0.2, 0) is 38.9 Å². The Morgan fingerprint density at radius 1 is 1.21 bits per heavy atom. The molecule has 0 radical (unpaired) electrons. The standard InChI is InChI=1S/C31H32ClN9O5S2/c1-46-37-23(24-26(32)48-31(34)36-24)21(42)12-20-28(43)41-25(30(44)45)18(15-47-29(20)41)14-39-9-8-22-38(10-11-40(22)39)13-16-2-4-17(5-3-16)27(33)35-19-6-7-19/h2-5,8-9,19-20,29H,6-7,10-15H2,1H3,(H4-,33,34,35,36,44,45)/p+1/b37-23+/t20-,29-/m1/s1. The van der Waals surface area contributed by atoms with Gasteiger partial charge in [-0.25, -0.2) is 9.78 Å². The molecule has 3 aliphatic heterocycles. The number of halogens is 1. The van der Waals surface area contributed by atoms with Gasteiger partial charge in [-0.3, -0.25) is 19.5 Å². The quantitative estimate of drug-likeness (QED) is 0.0828. The molecule has 0 bridgehead atoms. The molecule has 2 aromatic heterocycles. The summed E-state index contributed by atoms with van der Waals surface area (Å²) in [5.41, 5.74) is 14.5. The number of nitrogens with two attached hydrogens (primary N) is 2. The number of carbonyl (C=O) groups excluding carboxylic acids is 2. The smallest absolute Gasteiger partial charge is 0.352 e. The zero-order valence-electron chi connectivity index (χ0n) is 25.9. The van der Waals surface area contributed by atoms with Crippen LogP contribution in [0.5, 0.6) is 0 Å². The summed E-state index contributed by atoms with van der Waals surface area (Å²) in [5.74, 6) is -0.835. The first-order chi connectivity index (χ1) is 23.1. The lowest BCUT2D eigenvalue weighted by Crippen LogP contribution is -2.62. The zero-order valence-corrected chi connectivity index (χ0v) is 28.3. The van der Waals surface area contributed by atoms with E-state index in [0.717, 1.165) is 54.2 Å². The number of aromatic nitrogens is 3. The molecule has 1 amide bonds. The molecule has 17 heteroatoms. The summed E-state index contributed by atoms with van der Waals surface area (Å²) in [7, 11) is 1.29. The molecule has 5 heterocycles. The first kappa shape index (κ1) is 32.2. The predicted molar refractivity (Wildman–Crippen MR) is 182 cm³/mol. The molecular formula is C31H33ClN9O5S2+. The normalized spacial score (nSPS) is 20.9. The minimum Gasteiger partial charge on any atom is -0.477 e. The lowest BCUT2D eigenvalue weighted by Gasteiger charge is -2.49. The molecule has 5 N–H and O–H groups in total. The van der Waals surface area contributed by atoms with Gasteiger partial charge in [-0.05, 0) is 18.4 Å². The number of ketones is 1. The molecule has 250 valence electrons. The molecule has 2 fully saturated rings. The van der Waals surface area contributed by atoms with E-state index in [0.29, 0.717) is 36.3 Å². The average Bonchev–Trinajstić information content (AvgIpc) is 3.50. The number of amides is 1. The number of rotatable bonds is 12. The molecule has 1 aromatic carbocycles. The summed E-state index contributed by atoms with van der Waals surface area (Å²) in [4.78, 5) is 56.2. The van der Waals surface area contributed by atoms with E-state index < -0.39 is 29.0 Å². The number of carboxylic acids is 1. The Morgan fingerprint density at radius 3 is 2.65 bits per heavy atom. The van der Waals surface area contributed by atoms with Crippen molar-refractivity contribution >= 4 is 74.9 Å². The van der Waals surface area contributed by atoms with Crippen LogP contribution in [0.15, 0.2) is 57.9 Å². The molecule has 4 aliphatic rings. The first-order valence-corrected chi connectivity index (χ1v) is 17.6. The topological polar surface area (TPSA) is 186 Å². The Morgan fingerprint density at radius 2 is 1.98 bits per heavy atom. The van der Waals surface area contributed by atoms with Gasteiger partial charge in [0, 0.05) is 36.4 Å². The van der Waals surface area contributed by atoms with E-state index in [1.54, 1.807) is 0 Å². The van der Waals surface area contributed by atoms with Crippen LogP contribution in [0.4, 0.5) is 10.9 Å². The molecule has 14 nitrogen and oxygen atoms in total. The Kier molecular flexibility index (Phi) is 8.64. The number of oxime groups is 1. The summed E-state index contributed by atoms with van der Waals surface area (Å²) < 4.78 is 4.30.